The molecule has 1 heterocycles. The molecule has 0 amide bonds. The summed E-state index contributed by atoms with van der Waals surface area (Å²) in [6, 6.07) is 0. The summed E-state index contributed by atoms with van der Waals surface area (Å²) in [5.41, 5.74) is 3.72. The summed E-state index contributed by atoms with van der Waals surface area (Å²) in [7, 11) is 2.23. The van der Waals surface area contributed by atoms with Crippen LogP contribution in [-0.4, -0.2) is 25.0 Å². The maximum Gasteiger partial charge on any atom is -0.00163 e. The third-order valence-corrected chi connectivity index (χ3v) is 4.05. The zero-order chi connectivity index (χ0) is 14.2. The van der Waals surface area contributed by atoms with Gasteiger partial charge in [-0.05, 0) is 63.7 Å². The molecule has 1 saturated heterocycles. The summed E-state index contributed by atoms with van der Waals surface area (Å²) in [5, 5.41) is 0. The van der Waals surface area contributed by atoms with E-state index in [0.29, 0.717) is 5.41 Å². The summed E-state index contributed by atoms with van der Waals surface area (Å²) < 4.78 is 0. The highest BCUT2D eigenvalue weighted by molar-refractivity contribution is 5.31. The lowest BCUT2D eigenvalue weighted by atomic mass is 9.75. The highest BCUT2D eigenvalue weighted by atomic mass is 15.1. The van der Waals surface area contributed by atoms with Crippen molar-refractivity contribution in [2.45, 2.75) is 46.5 Å². The molecule has 0 bridgehead atoms. The van der Waals surface area contributed by atoms with Gasteiger partial charge in [-0.2, -0.15) is 0 Å². The van der Waals surface area contributed by atoms with Gasteiger partial charge in [0.1, 0.15) is 0 Å². The quantitative estimate of drug-likeness (QED) is 0.602. The van der Waals surface area contributed by atoms with Gasteiger partial charge >= 0.3 is 0 Å². The molecule has 2 rings (SSSR count). The van der Waals surface area contributed by atoms with Crippen molar-refractivity contribution >= 4 is 0 Å². The van der Waals surface area contributed by atoms with Crippen LogP contribution in [0, 0.1) is 5.41 Å². The molecule has 2 aliphatic rings. The van der Waals surface area contributed by atoms with Crippen molar-refractivity contribution in [3.63, 3.8) is 0 Å². The highest BCUT2D eigenvalue weighted by Gasteiger charge is 2.38. The van der Waals surface area contributed by atoms with E-state index in [4.69, 9.17) is 0 Å². The van der Waals surface area contributed by atoms with Crippen molar-refractivity contribution in [2.75, 3.05) is 20.1 Å². The van der Waals surface area contributed by atoms with Crippen molar-refractivity contribution in [3.05, 3.63) is 37.0 Å². The maximum atomic E-state index is 3.92. The molecule has 0 N–H and O–H groups in total. The molecular weight excluding hydrogens is 218 g/mol. The SMILES string of the molecule is C=C.C=CC1=C(C)CC2(CCN(C)CC2)C1.CC. The molecule has 18 heavy (non-hydrogen) atoms. The highest BCUT2D eigenvalue weighted by Crippen LogP contribution is 2.48. The van der Waals surface area contributed by atoms with E-state index in [1.165, 1.54) is 44.3 Å². The average molecular weight is 249 g/mol. The monoisotopic (exact) mass is 249 g/mol. The first-order valence-electron chi connectivity index (χ1n) is 7.15. The van der Waals surface area contributed by atoms with Crippen LogP contribution in [0.5, 0.6) is 0 Å². The van der Waals surface area contributed by atoms with Gasteiger partial charge < -0.3 is 4.90 Å². The number of nitrogens with zero attached hydrogens (tertiary/aromatic N) is 1. The number of piperidine rings is 1. The Morgan fingerprint density at radius 3 is 2.00 bits per heavy atom. The molecule has 0 aromatic rings. The number of rotatable bonds is 1. The molecule has 0 saturated carbocycles. The van der Waals surface area contributed by atoms with Crippen LogP contribution in [0.3, 0.4) is 0 Å². The van der Waals surface area contributed by atoms with Crippen LogP contribution in [-0.2, 0) is 0 Å². The van der Waals surface area contributed by atoms with Crippen molar-refractivity contribution in [1.29, 1.82) is 0 Å². The summed E-state index contributed by atoms with van der Waals surface area (Å²) in [6.45, 7) is 18.8. The van der Waals surface area contributed by atoms with Gasteiger partial charge in [0.15, 0.2) is 0 Å². The van der Waals surface area contributed by atoms with Gasteiger partial charge in [-0.25, -0.2) is 0 Å². The zero-order valence-electron chi connectivity index (χ0n) is 12.9. The van der Waals surface area contributed by atoms with Crippen molar-refractivity contribution < 1.29 is 0 Å². The van der Waals surface area contributed by atoms with E-state index in [9.17, 15) is 0 Å². The van der Waals surface area contributed by atoms with Crippen LogP contribution in [0.25, 0.3) is 0 Å². The van der Waals surface area contributed by atoms with Crippen molar-refractivity contribution in [3.8, 4) is 0 Å². The maximum absolute atomic E-state index is 3.92. The topological polar surface area (TPSA) is 3.24 Å². The minimum Gasteiger partial charge on any atom is -0.306 e. The van der Waals surface area contributed by atoms with Gasteiger partial charge in [0.25, 0.3) is 0 Å². The minimum absolute atomic E-state index is 0.611. The first kappa shape index (κ1) is 17.2. The Hall–Kier alpha value is -0.820. The molecule has 1 heteroatoms. The van der Waals surface area contributed by atoms with Gasteiger partial charge in [0.2, 0.25) is 0 Å². The standard InChI is InChI=1S/C13H21N.C2H6.C2H4/c1-4-12-10-13(9-11(12)2)5-7-14(3)8-6-13;2*1-2/h4H,1,5-10H2,2-3H3;1-2H3;1-2H2. The van der Waals surface area contributed by atoms with Crippen molar-refractivity contribution in [2.24, 2.45) is 5.41 Å². The lowest BCUT2D eigenvalue weighted by molar-refractivity contribution is 0.131. The Labute approximate surface area is 114 Å². The van der Waals surface area contributed by atoms with Crippen LogP contribution in [0.1, 0.15) is 46.5 Å². The van der Waals surface area contributed by atoms with Gasteiger partial charge in [-0.15, -0.1) is 13.2 Å². The molecule has 0 radical (unpaired) electrons. The summed E-state index contributed by atoms with van der Waals surface area (Å²) >= 11 is 0. The van der Waals surface area contributed by atoms with E-state index >= 15 is 0 Å². The molecule has 0 aromatic heterocycles. The Kier molecular flexibility index (Phi) is 7.93. The third-order valence-electron chi connectivity index (χ3n) is 4.05. The smallest absolute Gasteiger partial charge is 0.00163 e. The van der Waals surface area contributed by atoms with Crippen LogP contribution in [0.4, 0.5) is 0 Å². The fourth-order valence-corrected chi connectivity index (χ4v) is 2.99. The molecular formula is C17H31N. The minimum atomic E-state index is 0.611. The Bertz CT molecular complexity index is 280. The molecule has 0 aromatic carbocycles. The summed E-state index contributed by atoms with van der Waals surface area (Å²) in [5.74, 6) is 0. The second kappa shape index (κ2) is 8.31. The Morgan fingerprint density at radius 1 is 1.11 bits per heavy atom. The number of hydrogen-bond donors (Lipinski definition) is 0. The van der Waals surface area contributed by atoms with Gasteiger partial charge in [-0.3, -0.25) is 0 Å². The lowest BCUT2D eigenvalue weighted by Gasteiger charge is -2.38. The van der Waals surface area contributed by atoms with Crippen LogP contribution < -0.4 is 0 Å². The van der Waals surface area contributed by atoms with E-state index in [1.54, 1.807) is 5.57 Å². The average Bonchev–Trinajstić information content (AvgIpc) is 2.75. The molecule has 1 nitrogen and oxygen atoms in total. The van der Waals surface area contributed by atoms with E-state index in [2.05, 4.69) is 44.7 Å². The lowest BCUT2D eigenvalue weighted by Crippen LogP contribution is -2.36. The zero-order valence-corrected chi connectivity index (χ0v) is 12.9. The Balaban J connectivity index is 0.000000659. The van der Waals surface area contributed by atoms with Crippen molar-refractivity contribution in [1.82, 2.24) is 4.90 Å². The predicted octanol–water partition coefficient (Wildman–Crippen LogP) is 4.82. The number of allylic oxidation sites excluding steroid dienone is 3. The van der Waals surface area contributed by atoms with Crippen LogP contribution in [0.15, 0.2) is 37.0 Å². The fourth-order valence-electron chi connectivity index (χ4n) is 2.99. The molecule has 104 valence electrons. The Morgan fingerprint density at radius 2 is 1.61 bits per heavy atom. The summed E-state index contributed by atoms with van der Waals surface area (Å²) in [6.07, 6.45) is 7.43. The molecule has 1 aliphatic heterocycles. The number of hydrogen-bond acceptors (Lipinski definition) is 1. The second-order valence-corrected chi connectivity index (χ2v) is 5.17. The second-order valence-electron chi connectivity index (χ2n) is 5.17. The first-order valence-corrected chi connectivity index (χ1v) is 7.15. The normalized spacial score (nSPS) is 21.8. The van der Waals surface area contributed by atoms with E-state index in [0.717, 1.165) is 0 Å². The van der Waals surface area contributed by atoms with Gasteiger partial charge in [0, 0.05) is 0 Å². The predicted molar refractivity (Wildman–Crippen MR) is 83.9 cm³/mol. The largest absolute Gasteiger partial charge is 0.306 e. The molecule has 1 spiro atoms. The van der Waals surface area contributed by atoms with E-state index in [-0.39, 0.29) is 0 Å². The van der Waals surface area contributed by atoms with Gasteiger partial charge in [0.05, 0.1) is 0 Å². The number of likely N-dealkylation sites (tertiary alicyclic amines) is 1. The first-order chi connectivity index (χ1) is 8.65. The molecule has 0 unspecified atom stereocenters. The van der Waals surface area contributed by atoms with E-state index < -0.39 is 0 Å². The third kappa shape index (κ3) is 4.13. The summed E-state index contributed by atoms with van der Waals surface area (Å²) in [4.78, 5) is 2.45. The van der Waals surface area contributed by atoms with E-state index in [1.807, 2.05) is 13.8 Å². The fraction of sp³-hybridized carbons (Fsp3) is 0.647. The van der Waals surface area contributed by atoms with Gasteiger partial charge in [-0.1, -0.05) is 32.1 Å². The van der Waals surface area contributed by atoms with Crippen LogP contribution in [0.2, 0.25) is 0 Å². The molecule has 1 aliphatic carbocycles. The van der Waals surface area contributed by atoms with Crippen LogP contribution >= 0.6 is 0 Å². The molecule has 1 fully saturated rings. The molecule has 0 atom stereocenters.